The van der Waals surface area contributed by atoms with Gasteiger partial charge in [-0.3, -0.25) is 9.89 Å². The molecule has 8 heteroatoms. The Morgan fingerprint density at radius 3 is 2.70 bits per heavy atom. The van der Waals surface area contributed by atoms with Gasteiger partial charge in [-0.2, -0.15) is 0 Å². The lowest BCUT2D eigenvalue weighted by Crippen LogP contribution is -2.42. The van der Waals surface area contributed by atoms with Crippen LogP contribution >= 0.6 is 24.0 Å². The van der Waals surface area contributed by atoms with Gasteiger partial charge in [0.05, 0.1) is 25.5 Å². The first-order valence-corrected chi connectivity index (χ1v) is 10.5. The summed E-state index contributed by atoms with van der Waals surface area (Å²) < 4.78 is 11.1. The molecule has 1 aromatic carbocycles. The summed E-state index contributed by atoms with van der Waals surface area (Å²) in [6, 6.07) is 8.21. The highest BCUT2D eigenvalue weighted by atomic mass is 127. The molecule has 0 bridgehead atoms. The lowest BCUT2D eigenvalue weighted by molar-refractivity contribution is 0.0315. The van der Waals surface area contributed by atoms with Gasteiger partial charge in [0.2, 0.25) is 5.89 Å². The van der Waals surface area contributed by atoms with Crippen molar-refractivity contribution in [3.05, 3.63) is 41.8 Å². The fourth-order valence-corrected chi connectivity index (χ4v) is 4.04. The van der Waals surface area contributed by atoms with Crippen LogP contribution in [0.5, 0.6) is 0 Å². The average Bonchev–Trinajstić information content (AvgIpc) is 3.40. The quantitative estimate of drug-likeness (QED) is 0.368. The molecule has 1 N–H and O–H groups in total. The molecule has 2 aliphatic heterocycles. The molecule has 0 spiro atoms. The molecule has 4 rings (SSSR count). The molecule has 0 saturated carbocycles. The van der Waals surface area contributed by atoms with E-state index in [-0.39, 0.29) is 24.0 Å². The van der Waals surface area contributed by atoms with Gasteiger partial charge in [0, 0.05) is 45.3 Å². The van der Waals surface area contributed by atoms with Crippen LogP contribution in [-0.4, -0.2) is 73.7 Å². The first kappa shape index (κ1) is 23.0. The Labute approximate surface area is 195 Å². The minimum atomic E-state index is 0. The van der Waals surface area contributed by atoms with Crippen molar-refractivity contribution in [2.24, 2.45) is 10.9 Å². The molecule has 2 fully saturated rings. The summed E-state index contributed by atoms with van der Waals surface area (Å²) in [6.07, 6.45) is 2.93. The van der Waals surface area contributed by atoms with Crippen molar-refractivity contribution < 1.29 is 9.15 Å². The Kier molecular flexibility index (Phi) is 8.52. The second kappa shape index (κ2) is 11.1. The zero-order valence-electron chi connectivity index (χ0n) is 17.8. The fourth-order valence-electron chi connectivity index (χ4n) is 4.04. The third-order valence-electron chi connectivity index (χ3n) is 5.70. The second-order valence-corrected chi connectivity index (χ2v) is 7.92. The first-order chi connectivity index (χ1) is 14.2. The molecule has 164 valence electrons. The third-order valence-corrected chi connectivity index (χ3v) is 5.70. The number of likely N-dealkylation sites (tertiary alicyclic amines) is 1. The number of aromatic nitrogens is 1. The zero-order valence-corrected chi connectivity index (χ0v) is 20.2. The molecule has 3 heterocycles. The maximum Gasteiger partial charge on any atom is 0.226 e. The minimum absolute atomic E-state index is 0. The van der Waals surface area contributed by atoms with Gasteiger partial charge in [-0.05, 0) is 31.4 Å². The standard InChI is InChI=1S/C22H31N5O2.HI/c1-17-3-5-19(6-4-17)21-25-20(16-29-21)13-24-22(23-2)27-8-7-18(15-27)14-26-9-11-28-12-10-26;/h3-6,16,18H,7-15H2,1-2H3,(H,23,24);1H. The van der Waals surface area contributed by atoms with E-state index in [0.717, 1.165) is 63.2 Å². The van der Waals surface area contributed by atoms with Crippen molar-refractivity contribution in [3.63, 3.8) is 0 Å². The van der Waals surface area contributed by atoms with Crippen LogP contribution in [0.15, 0.2) is 39.9 Å². The van der Waals surface area contributed by atoms with Crippen LogP contribution in [-0.2, 0) is 11.3 Å². The fraction of sp³-hybridized carbons (Fsp3) is 0.545. The van der Waals surface area contributed by atoms with Crippen LogP contribution in [0.4, 0.5) is 0 Å². The summed E-state index contributed by atoms with van der Waals surface area (Å²) in [5.41, 5.74) is 3.10. The highest BCUT2D eigenvalue weighted by molar-refractivity contribution is 14.0. The maximum absolute atomic E-state index is 5.66. The number of aryl methyl sites for hydroxylation is 1. The number of nitrogens with zero attached hydrogens (tertiary/aromatic N) is 4. The van der Waals surface area contributed by atoms with Gasteiger partial charge in [0.15, 0.2) is 5.96 Å². The van der Waals surface area contributed by atoms with Crippen molar-refractivity contribution in [3.8, 4) is 11.5 Å². The lowest BCUT2D eigenvalue weighted by atomic mass is 10.1. The monoisotopic (exact) mass is 525 g/mol. The van der Waals surface area contributed by atoms with E-state index >= 15 is 0 Å². The Morgan fingerprint density at radius 1 is 1.20 bits per heavy atom. The summed E-state index contributed by atoms with van der Waals surface area (Å²) in [5, 5.41) is 3.45. The Morgan fingerprint density at radius 2 is 1.97 bits per heavy atom. The molecule has 2 aromatic rings. The molecular formula is C22H32IN5O2. The average molecular weight is 525 g/mol. The van der Waals surface area contributed by atoms with E-state index in [1.54, 1.807) is 6.26 Å². The van der Waals surface area contributed by atoms with Gasteiger partial charge < -0.3 is 19.4 Å². The third kappa shape index (κ3) is 5.95. The van der Waals surface area contributed by atoms with E-state index in [9.17, 15) is 0 Å². The largest absolute Gasteiger partial charge is 0.444 e. The van der Waals surface area contributed by atoms with Crippen molar-refractivity contribution >= 4 is 29.9 Å². The lowest BCUT2D eigenvalue weighted by Gasteiger charge is -2.29. The minimum Gasteiger partial charge on any atom is -0.444 e. The number of nitrogens with one attached hydrogen (secondary N) is 1. The van der Waals surface area contributed by atoms with Gasteiger partial charge in [-0.25, -0.2) is 4.98 Å². The number of hydrogen-bond acceptors (Lipinski definition) is 5. The number of guanidine groups is 1. The highest BCUT2D eigenvalue weighted by Crippen LogP contribution is 2.20. The van der Waals surface area contributed by atoms with Gasteiger partial charge in [-0.15, -0.1) is 24.0 Å². The van der Waals surface area contributed by atoms with Crippen molar-refractivity contribution in [1.29, 1.82) is 0 Å². The first-order valence-electron chi connectivity index (χ1n) is 10.5. The van der Waals surface area contributed by atoms with E-state index in [4.69, 9.17) is 9.15 Å². The second-order valence-electron chi connectivity index (χ2n) is 7.92. The van der Waals surface area contributed by atoms with Crippen LogP contribution in [0.25, 0.3) is 11.5 Å². The molecule has 0 radical (unpaired) electrons. The molecule has 1 atom stereocenters. The van der Waals surface area contributed by atoms with Crippen LogP contribution in [0.1, 0.15) is 17.7 Å². The Balaban J connectivity index is 0.00000256. The number of oxazole rings is 1. The summed E-state index contributed by atoms with van der Waals surface area (Å²) >= 11 is 0. The number of hydrogen-bond donors (Lipinski definition) is 1. The zero-order chi connectivity index (χ0) is 20.1. The number of ether oxygens (including phenoxy) is 1. The normalized spacial score (nSPS) is 20.3. The van der Waals surface area contributed by atoms with Crippen LogP contribution in [0.2, 0.25) is 0 Å². The van der Waals surface area contributed by atoms with E-state index < -0.39 is 0 Å². The van der Waals surface area contributed by atoms with E-state index in [2.05, 4.69) is 44.1 Å². The number of aliphatic imine (C=N–C) groups is 1. The van der Waals surface area contributed by atoms with Crippen molar-refractivity contribution in [2.45, 2.75) is 19.9 Å². The summed E-state index contributed by atoms with van der Waals surface area (Å²) in [7, 11) is 1.85. The molecule has 1 aromatic heterocycles. The SMILES string of the molecule is CN=C(NCc1coc(-c2ccc(C)cc2)n1)N1CCC(CN2CCOCC2)C1.I. The van der Waals surface area contributed by atoms with Crippen molar-refractivity contribution in [2.75, 3.05) is 53.0 Å². The van der Waals surface area contributed by atoms with E-state index in [1.165, 1.54) is 12.0 Å². The highest BCUT2D eigenvalue weighted by Gasteiger charge is 2.27. The number of morpholine rings is 1. The predicted molar refractivity (Wildman–Crippen MR) is 129 cm³/mol. The molecule has 1 unspecified atom stereocenters. The topological polar surface area (TPSA) is 66.1 Å². The van der Waals surface area contributed by atoms with Gasteiger partial charge >= 0.3 is 0 Å². The van der Waals surface area contributed by atoms with Crippen molar-refractivity contribution in [1.82, 2.24) is 20.1 Å². The van der Waals surface area contributed by atoms with Crippen LogP contribution in [0.3, 0.4) is 0 Å². The van der Waals surface area contributed by atoms with Gasteiger partial charge in [-0.1, -0.05) is 17.7 Å². The Hall–Kier alpha value is -1.65. The maximum atomic E-state index is 5.66. The smallest absolute Gasteiger partial charge is 0.226 e. The molecule has 0 amide bonds. The number of benzene rings is 1. The molecule has 2 aliphatic rings. The molecule has 0 aliphatic carbocycles. The van der Waals surface area contributed by atoms with E-state index in [0.29, 0.717) is 18.4 Å². The number of rotatable bonds is 5. The predicted octanol–water partition coefficient (Wildman–Crippen LogP) is 3.00. The molecule has 2 saturated heterocycles. The van der Waals surface area contributed by atoms with Gasteiger partial charge in [0.25, 0.3) is 0 Å². The Bertz CT molecular complexity index is 817. The van der Waals surface area contributed by atoms with E-state index in [1.807, 2.05) is 19.2 Å². The molecular weight excluding hydrogens is 493 g/mol. The molecule has 30 heavy (non-hydrogen) atoms. The summed E-state index contributed by atoms with van der Waals surface area (Å²) in [6.45, 7) is 9.76. The van der Waals surface area contributed by atoms with Crippen LogP contribution in [0, 0.1) is 12.8 Å². The van der Waals surface area contributed by atoms with Crippen LogP contribution < -0.4 is 5.32 Å². The summed E-state index contributed by atoms with van der Waals surface area (Å²) in [4.78, 5) is 14.0. The number of halogens is 1. The molecule has 7 nitrogen and oxygen atoms in total. The summed E-state index contributed by atoms with van der Waals surface area (Å²) in [5.74, 6) is 2.28. The van der Waals surface area contributed by atoms with Gasteiger partial charge in [0.1, 0.15) is 6.26 Å².